The molecule has 6 heteroatoms. The molecule has 2 amide bonds. The summed E-state index contributed by atoms with van der Waals surface area (Å²) in [4.78, 5) is 21.3. The van der Waals surface area contributed by atoms with E-state index in [1.54, 1.807) is 0 Å². The zero-order valence-electron chi connectivity index (χ0n) is 9.39. The third-order valence-electron chi connectivity index (χ3n) is 1.43. The highest BCUT2D eigenvalue weighted by molar-refractivity contribution is 5.75. The standard InChI is InChI=1S/C9H19N3O3/c1-9(2,3)12-11-7(13)5-4-6-10-8(14)15/h10,12H,4-6H2,1-3H3,(H,11,13)(H,14,15). The van der Waals surface area contributed by atoms with Crippen LogP contribution in [-0.2, 0) is 4.79 Å². The molecule has 0 aliphatic heterocycles. The van der Waals surface area contributed by atoms with E-state index in [1.165, 1.54) is 0 Å². The Kier molecular flexibility index (Phi) is 5.69. The van der Waals surface area contributed by atoms with Gasteiger partial charge in [-0.1, -0.05) is 0 Å². The first-order valence-corrected chi connectivity index (χ1v) is 4.84. The zero-order valence-corrected chi connectivity index (χ0v) is 9.39. The largest absolute Gasteiger partial charge is 0.465 e. The van der Waals surface area contributed by atoms with Crippen LogP contribution in [0.4, 0.5) is 4.79 Å². The molecule has 0 aliphatic rings. The van der Waals surface area contributed by atoms with Crippen LogP contribution in [0.3, 0.4) is 0 Å². The van der Waals surface area contributed by atoms with E-state index in [1.807, 2.05) is 20.8 Å². The molecule has 0 aromatic carbocycles. The number of rotatable bonds is 5. The molecule has 0 heterocycles. The first-order valence-electron chi connectivity index (χ1n) is 4.84. The molecule has 0 saturated carbocycles. The van der Waals surface area contributed by atoms with Crippen molar-refractivity contribution in [1.82, 2.24) is 16.2 Å². The summed E-state index contributed by atoms with van der Waals surface area (Å²) in [5.41, 5.74) is 5.21. The Bertz CT molecular complexity index is 223. The van der Waals surface area contributed by atoms with Crippen molar-refractivity contribution in [3.05, 3.63) is 0 Å². The van der Waals surface area contributed by atoms with Crippen LogP contribution in [0.15, 0.2) is 0 Å². The first kappa shape index (κ1) is 13.7. The topological polar surface area (TPSA) is 90.5 Å². The summed E-state index contributed by atoms with van der Waals surface area (Å²) in [6.45, 7) is 6.08. The highest BCUT2D eigenvalue weighted by atomic mass is 16.4. The fraction of sp³-hybridized carbons (Fsp3) is 0.778. The summed E-state index contributed by atoms with van der Waals surface area (Å²) in [6.07, 6.45) is -0.281. The second-order valence-electron chi connectivity index (χ2n) is 4.26. The molecule has 0 radical (unpaired) electrons. The number of carbonyl (C=O) groups is 2. The molecule has 0 saturated heterocycles. The van der Waals surface area contributed by atoms with Crippen LogP contribution in [0.2, 0.25) is 0 Å². The quantitative estimate of drug-likeness (QED) is 0.397. The van der Waals surface area contributed by atoms with E-state index in [-0.39, 0.29) is 18.0 Å². The maximum Gasteiger partial charge on any atom is 0.404 e. The summed E-state index contributed by atoms with van der Waals surface area (Å²) < 4.78 is 0. The van der Waals surface area contributed by atoms with E-state index in [9.17, 15) is 9.59 Å². The maximum atomic E-state index is 11.2. The molecule has 6 nitrogen and oxygen atoms in total. The molecule has 0 aromatic rings. The molecule has 0 fully saturated rings. The fourth-order valence-electron chi connectivity index (χ4n) is 0.764. The summed E-state index contributed by atoms with van der Waals surface area (Å²) in [5, 5.41) is 10.5. The SMILES string of the molecule is CC(C)(C)NNC(=O)CCCNC(=O)O. The van der Waals surface area contributed by atoms with Gasteiger partial charge in [-0.3, -0.25) is 10.2 Å². The van der Waals surface area contributed by atoms with Gasteiger partial charge in [0.25, 0.3) is 0 Å². The van der Waals surface area contributed by atoms with Gasteiger partial charge in [-0.25, -0.2) is 10.2 Å². The van der Waals surface area contributed by atoms with Crippen molar-refractivity contribution in [2.45, 2.75) is 39.2 Å². The number of nitrogens with one attached hydrogen (secondary N) is 3. The van der Waals surface area contributed by atoms with E-state index >= 15 is 0 Å². The van der Waals surface area contributed by atoms with Crippen molar-refractivity contribution < 1.29 is 14.7 Å². The summed E-state index contributed by atoms with van der Waals surface area (Å²) in [7, 11) is 0. The Labute approximate surface area is 89.4 Å². The number of hydrazine groups is 1. The van der Waals surface area contributed by atoms with Crippen LogP contribution >= 0.6 is 0 Å². The summed E-state index contributed by atoms with van der Waals surface area (Å²) in [6, 6.07) is 0. The third kappa shape index (κ3) is 10.6. The van der Waals surface area contributed by atoms with Gasteiger partial charge in [-0.05, 0) is 27.2 Å². The number of hydrogen-bond acceptors (Lipinski definition) is 3. The Hall–Kier alpha value is -1.30. The van der Waals surface area contributed by atoms with Crippen molar-refractivity contribution in [1.29, 1.82) is 0 Å². The molecule has 4 N–H and O–H groups in total. The molecule has 0 aromatic heterocycles. The monoisotopic (exact) mass is 217 g/mol. The number of carbonyl (C=O) groups excluding carboxylic acids is 1. The lowest BCUT2D eigenvalue weighted by Gasteiger charge is -2.20. The van der Waals surface area contributed by atoms with Crippen LogP contribution < -0.4 is 16.2 Å². The van der Waals surface area contributed by atoms with Gasteiger partial charge in [0.05, 0.1) is 0 Å². The summed E-state index contributed by atoms with van der Waals surface area (Å²) in [5.74, 6) is -0.142. The van der Waals surface area contributed by atoms with Gasteiger partial charge in [0.2, 0.25) is 5.91 Å². The van der Waals surface area contributed by atoms with E-state index in [0.29, 0.717) is 12.8 Å². The van der Waals surface area contributed by atoms with E-state index in [2.05, 4.69) is 16.2 Å². The number of hydrogen-bond donors (Lipinski definition) is 4. The molecule has 0 aliphatic carbocycles. The van der Waals surface area contributed by atoms with Crippen molar-refractivity contribution in [3.8, 4) is 0 Å². The van der Waals surface area contributed by atoms with Gasteiger partial charge in [0.15, 0.2) is 0 Å². The first-order chi connectivity index (χ1) is 6.81. The average Bonchev–Trinajstić information content (AvgIpc) is 2.07. The second-order valence-corrected chi connectivity index (χ2v) is 4.26. The lowest BCUT2D eigenvalue weighted by Crippen LogP contribution is -2.48. The molecule has 0 bridgehead atoms. The van der Waals surface area contributed by atoms with Crippen LogP contribution in [-0.4, -0.2) is 29.2 Å². The fourth-order valence-corrected chi connectivity index (χ4v) is 0.764. The van der Waals surface area contributed by atoms with E-state index in [0.717, 1.165) is 0 Å². The molecule has 15 heavy (non-hydrogen) atoms. The number of amides is 2. The lowest BCUT2D eigenvalue weighted by molar-refractivity contribution is -0.122. The minimum Gasteiger partial charge on any atom is -0.465 e. The highest BCUT2D eigenvalue weighted by Crippen LogP contribution is 1.95. The molecule has 0 rings (SSSR count). The number of carboxylic acid groups (broad SMARTS) is 1. The molecular weight excluding hydrogens is 198 g/mol. The third-order valence-corrected chi connectivity index (χ3v) is 1.43. The molecular formula is C9H19N3O3. The minimum absolute atomic E-state index is 0.142. The van der Waals surface area contributed by atoms with Gasteiger partial charge < -0.3 is 10.4 Å². The van der Waals surface area contributed by atoms with Gasteiger partial charge in [-0.15, -0.1) is 0 Å². The Morgan fingerprint density at radius 3 is 2.33 bits per heavy atom. The van der Waals surface area contributed by atoms with Crippen molar-refractivity contribution in [2.24, 2.45) is 0 Å². The van der Waals surface area contributed by atoms with Gasteiger partial charge in [0, 0.05) is 18.5 Å². The van der Waals surface area contributed by atoms with Crippen LogP contribution in [0.5, 0.6) is 0 Å². The average molecular weight is 217 g/mol. The minimum atomic E-state index is -1.07. The van der Waals surface area contributed by atoms with Crippen molar-refractivity contribution in [2.75, 3.05) is 6.54 Å². The zero-order chi connectivity index (χ0) is 11.9. The van der Waals surface area contributed by atoms with E-state index in [4.69, 9.17) is 5.11 Å². The molecule has 0 unspecified atom stereocenters. The lowest BCUT2D eigenvalue weighted by atomic mass is 10.1. The molecule has 0 spiro atoms. The predicted octanol–water partition coefficient (Wildman–Crippen LogP) is 0.453. The van der Waals surface area contributed by atoms with Crippen molar-refractivity contribution in [3.63, 3.8) is 0 Å². The normalized spacial score (nSPS) is 10.9. The van der Waals surface area contributed by atoms with Crippen molar-refractivity contribution >= 4 is 12.0 Å². The Morgan fingerprint density at radius 1 is 1.27 bits per heavy atom. The Morgan fingerprint density at radius 2 is 1.87 bits per heavy atom. The van der Waals surface area contributed by atoms with E-state index < -0.39 is 6.09 Å². The van der Waals surface area contributed by atoms with Gasteiger partial charge in [0.1, 0.15) is 0 Å². The summed E-state index contributed by atoms with van der Waals surface area (Å²) >= 11 is 0. The van der Waals surface area contributed by atoms with Crippen LogP contribution in [0.1, 0.15) is 33.6 Å². The molecule has 88 valence electrons. The Balaban J connectivity index is 3.46. The van der Waals surface area contributed by atoms with Gasteiger partial charge >= 0.3 is 6.09 Å². The van der Waals surface area contributed by atoms with Gasteiger partial charge in [-0.2, -0.15) is 0 Å². The molecule has 0 atom stereocenters. The van der Waals surface area contributed by atoms with Crippen LogP contribution in [0.25, 0.3) is 0 Å². The highest BCUT2D eigenvalue weighted by Gasteiger charge is 2.10. The second kappa shape index (κ2) is 6.23. The van der Waals surface area contributed by atoms with Crippen LogP contribution in [0, 0.1) is 0 Å². The smallest absolute Gasteiger partial charge is 0.404 e. The maximum absolute atomic E-state index is 11.2. The predicted molar refractivity (Wildman–Crippen MR) is 56.3 cm³/mol.